The molecule has 5 heteroatoms. The number of hydrogen-bond acceptors (Lipinski definition) is 3. The van der Waals surface area contributed by atoms with Gasteiger partial charge in [0, 0.05) is 19.9 Å². The fraction of sp³-hybridized carbons (Fsp3) is 0.500. The average molecular weight is 240 g/mol. The Bertz CT molecular complexity index is 394. The normalized spacial score (nSPS) is 11.3. The molecule has 0 saturated carbocycles. The van der Waals surface area contributed by atoms with Crippen molar-refractivity contribution in [1.82, 2.24) is 10.3 Å². The van der Waals surface area contributed by atoms with E-state index in [1.807, 2.05) is 0 Å². The number of aromatic nitrogens is 1. The summed E-state index contributed by atoms with van der Waals surface area (Å²) >= 11 is 0. The molecule has 0 radical (unpaired) electrons. The summed E-state index contributed by atoms with van der Waals surface area (Å²) in [5.41, 5.74) is 0.0294. The summed E-state index contributed by atoms with van der Waals surface area (Å²) in [5.74, 6) is -0.545. The second kappa shape index (κ2) is 5.72. The molecule has 0 saturated heterocycles. The van der Waals surface area contributed by atoms with Gasteiger partial charge in [-0.25, -0.2) is 4.39 Å². The number of nitrogens with zero attached hydrogens (tertiary/aromatic N) is 1. The van der Waals surface area contributed by atoms with E-state index < -0.39 is 11.2 Å². The number of nitrogens with one attached hydrogen (secondary N) is 1. The molecule has 1 rings (SSSR count). The minimum atomic E-state index is -0.602. The van der Waals surface area contributed by atoms with E-state index in [2.05, 4.69) is 10.3 Å². The maximum Gasteiger partial charge on any atom is 0.228 e. The highest BCUT2D eigenvalue weighted by Crippen LogP contribution is 2.15. The molecule has 0 unspecified atom stereocenters. The number of ether oxygens (including phenoxy) is 1. The van der Waals surface area contributed by atoms with Crippen LogP contribution in [-0.2, 0) is 16.1 Å². The van der Waals surface area contributed by atoms with E-state index in [1.165, 1.54) is 12.3 Å². The molecule has 4 nitrogen and oxygen atoms in total. The molecule has 1 aromatic rings. The molecule has 0 aliphatic carbocycles. The van der Waals surface area contributed by atoms with Crippen molar-refractivity contribution in [3.63, 3.8) is 0 Å². The summed E-state index contributed by atoms with van der Waals surface area (Å²) in [6.07, 6.45) is 2.65. The SMILES string of the molecule is COCC(C)(C)C(=O)NCc1cncc(F)c1. The van der Waals surface area contributed by atoms with Gasteiger partial charge in [-0.1, -0.05) is 0 Å². The molecule has 0 aliphatic heterocycles. The van der Waals surface area contributed by atoms with E-state index >= 15 is 0 Å². The van der Waals surface area contributed by atoms with E-state index in [0.717, 1.165) is 6.20 Å². The molecule has 94 valence electrons. The Morgan fingerprint density at radius 2 is 2.24 bits per heavy atom. The van der Waals surface area contributed by atoms with Crippen molar-refractivity contribution in [3.8, 4) is 0 Å². The summed E-state index contributed by atoms with van der Waals surface area (Å²) < 4.78 is 17.8. The van der Waals surface area contributed by atoms with Gasteiger partial charge in [0.1, 0.15) is 5.82 Å². The van der Waals surface area contributed by atoms with Gasteiger partial charge < -0.3 is 10.1 Å². The van der Waals surface area contributed by atoms with Crippen LogP contribution in [0.15, 0.2) is 18.5 Å². The first-order valence-electron chi connectivity index (χ1n) is 5.32. The molecule has 0 spiro atoms. The molecule has 1 aromatic heterocycles. The molecule has 0 fully saturated rings. The molecule has 17 heavy (non-hydrogen) atoms. The van der Waals surface area contributed by atoms with E-state index in [-0.39, 0.29) is 12.5 Å². The standard InChI is InChI=1S/C12H17FN2O2/c1-12(2,8-17-3)11(16)15-6-9-4-10(13)7-14-5-9/h4-5,7H,6,8H2,1-3H3,(H,15,16). The lowest BCUT2D eigenvalue weighted by Gasteiger charge is -2.22. The molecule has 1 N–H and O–H groups in total. The second-order valence-corrected chi connectivity index (χ2v) is 4.51. The van der Waals surface area contributed by atoms with Crippen molar-refractivity contribution in [2.75, 3.05) is 13.7 Å². The molecule has 0 aromatic carbocycles. The number of hydrogen-bond donors (Lipinski definition) is 1. The van der Waals surface area contributed by atoms with Crippen molar-refractivity contribution < 1.29 is 13.9 Å². The summed E-state index contributed by atoms with van der Waals surface area (Å²) in [6.45, 7) is 4.17. The Labute approximate surface area is 100 Å². The summed E-state index contributed by atoms with van der Waals surface area (Å²) in [7, 11) is 1.55. The van der Waals surface area contributed by atoms with Crippen LogP contribution >= 0.6 is 0 Å². The third kappa shape index (κ3) is 4.11. The van der Waals surface area contributed by atoms with Crippen LogP contribution in [0.2, 0.25) is 0 Å². The first kappa shape index (κ1) is 13.6. The van der Waals surface area contributed by atoms with Crippen LogP contribution in [0.25, 0.3) is 0 Å². The summed E-state index contributed by atoms with van der Waals surface area (Å²) in [6, 6.07) is 1.34. The van der Waals surface area contributed by atoms with Gasteiger partial charge in [-0.05, 0) is 25.5 Å². The zero-order valence-electron chi connectivity index (χ0n) is 10.3. The number of methoxy groups -OCH3 is 1. The minimum Gasteiger partial charge on any atom is -0.384 e. The molecular formula is C12H17FN2O2. The third-order valence-corrected chi connectivity index (χ3v) is 2.33. The number of carbonyl (C=O) groups excluding carboxylic acids is 1. The maximum absolute atomic E-state index is 12.9. The predicted molar refractivity (Wildman–Crippen MR) is 61.7 cm³/mol. The Hall–Kier alpha value is -1.49. The lowest BCUT2D eigenvalue weighted by Crippen LogP contribution is -2.39. The largest absolute Gasteiger partial charge is 0.384 e. The molecule has 0 atom stereocenters. The van der Waals surface area contributed by atoms with Crippen LogP contribution in [0, 0.1) is 11.2 Å². The zero-order valence-corrected chi connectivity index (χ0v) is 10.3. The summed E-state index contributed by atoms with van der Waals surface area (Å²) in [4.78, 5) is 15.5. The number of rotatable bonds is 5. The number of amides is 1. The molecule has 1 amide bonds. The first-order valence-corrected chi connectivity index (χ1v) is 5.32. The Kier molecular flexibility index (Phi) is 4.57. The van der Waals surface area contributed by atoms with Crippen LogP contribution in [0.1, 0.15) is 19.4 Å². The lowest BCUT2D eigenvalue weighted by atomic mass is 9.93. The van der Waals surface area contributed by atoms with Gasteiger partial charge in [-0.15, -0.1) is 0 Å². The quantitative estimate of drug-likeness (QED) is 0.848. The second-order valence-electron chi connectivity index (χ2n) is 4.51. The highest BCUT2D eigenvalue weighted by molar-refractivity contribution is 5.81. The van der Waals surface area contributed by atoms with Crippen LogP contribution in [0.5, 0.6) is 0 Å². The average Bonchev–Trinajstić information content (AvgIpc) is 2.26. The highest BCUT2D eigenvalue weighted by Gasteiger charge is 2.27. The topological polar surface area (TPSA) is 51.2 Å². The van der Waals surface area contributed by atoms with Gasteiger partial charge in [0.25, 0.3) is 0 Å². The van der Waals surface area contributed by atoms with Crippen molar-refractivity contribution in [2.45, 2.75) is 20.4 Å². The lowest BCUT2D eigenvalue weighted by molar-refractivity contribution is -0.132. The Morgan fingerprint density at radius 3 is 2.82 bits per heavy atom. The first-order chi connectivity index (χ1) is 7.95. The maximum atomic E-state index is 12.9. The van der Waals surface area contributed by atoms with Gasteiger partial charge in [0.05, 0.1) is 18.2 Å². The fourth-order valence-electron chi connectivity index (χ4n) is 1.40. The number of carbonyl (C=O) groups is 1. The smallest absolute Gasteiger partial charge is 0.228 e. The van der Waals surface area contributed by atoms with Crippen LogP contribution in [0.4, 0.5) is 4.39 Å². The van der Waals surface area contributed by atoms with E-state index in [1.54, 1.807) is 21.0 Å². The van der Waals surface area contributed by atoms with Gasteiger partial charge in [0.2, 0.25) is 5.91 Å². The van der Waals surface area contributed by atoms with Gasteiger partial charge in [0.15, 0.2) is 0 Å². The van der Waals surface area contributed by atoms with Crippen molar-refractivity contribution in [1.29, 1.82) is 0 Å². The van der Waals surface area contributed by atoms with Crippen molar-refractivity contribution >= 4 is 5.91 Å². The molecule has 1 heterocycles. The van der Waals surface area contributed by atoms with Crippen LogP contribution in [0.3, 0.4) is 0 Å². The third-order valence-electron chi connectivity index (χ3n) is 2.33. The van der Waals surface area contributed by atoms with E-state index in [9.17, 15) is 9.18 Å². The monoisotopic (exact) mass is 240 g/mol. The van der Waals surface area contributed by atoms with Crippen LogP contribution < -0.4 is 5.32 Å². The van der Waals surface area contributed by atoms with Gasteiger partial charge >= 0.3 is 0 Å². The predicted octanol–water partition coefficient (Wildman–Crippen LogP) is 1.51. The van der Waals surface area contributed by atoms with Crippen molar-refractivity contribution in [2.24, 2.45) is 5.41 Å². The van der Waals surface area contributed by atoms with Gasteiger partial charge in [-0.3, -0.25) is 9.78 Å². The Morgan fingerprint density at radius 1 is 1.53 bits per heavy atom. The zero-order chi connectivity index (χ0) is 12.9. The number of halogens is 1. The fourth-order valence-corrected chi connectivity index (χ4v) is 1.40. The molecular weight excluding hydrogens is 223 g/mol. The van der Waals surface area contributed by atoms with Crippen molar-refractivity contribution in [3.05, 3.63) is 29.8 Å². The van der Waals surface area contributed by atoms with E-state index in [4.69, 9.17) is 4.74 Å². The summed E-state index contributed by atoms with van der Waals surface area (Å²) in [5, 5.41) is 2.73. The number of pyridine rings is 1. The van der Waals surface area contributed by atoms with Crippen LogP contribution in [-0.4, -0.2) is 24.6 Å². The van der Waals surface area contributed by atoms with E-state index in [0.29, 0.717) is 12.2 Å². The highest BCUT2D eigenvalue weighted by atomic mass is 19.1. The molecule has 0 aliphatic rings. The minimum absolute atomic E-state index is 0.136. The van der Waals surface area contributed by atoms with Gasteiger partial charge in [-0.2, -0.15) is 0 Å². The Balaban J connectivity index is 2.54. The molecule has 0 bridgehead atoms.